The van der Waals surface area contributed by atoms with Crippen LogP contribution in [0.3, 0.4) is 0 Å². The lowest BCUT2D eigenvalue weighted by atomic mass is 9.95. The first-order valence-corrected chi connectivity index (χ1v) is 11.5. The normalized spacial score (nSPS) is 19.3. The molecular formula is C23H24N2O2S2. The van der Waals surface area contributed by atoms with Crippen LogP contribution in [0.4, 0.5) is 5.13 Å². The van der Waals surface area contributed by atoms with Crippen molar-refractivity contribution in [1.82, 2.24) is 4.98 Å². The Bertz CT molecular complexity index is 1050. The number of nitrogens with zero attached hydrogens (tertiary/aromatic N) is 2. The second kappa shape index (κ2) is 7.84. The lowest BCUT2D eigenvalue weighted by Crippen LogP contribution is -2.30. The Labute approximate surface area is 179 Å². The second-order valence-electron chi connectivity index (χ2n) is 7.65. The van der Waals surface area contributed by atoms with Gasteiger partial charge in [0, 0.05) is 10.9 Å². The SMILES string of the molecule is Cc1cc(O)c(C(C)C)cc1-c1csc(N2C(=O)C(C)SC2c2ccccc2)n1. The predicted molar refractivity (Wildman–Crippen MR) is 122 cm³/mol. The molecule has 29 heavy (non-hydrogen) atoms. The van der Waals surface area contributed by atoms with Crippen LogP contribution in [-0.4, -0.2) is 21.2 Å². The lowest BCUT2D eigenvalue weighted by Gasteiger charge is -2.21. The van der Waals surface area contributed by atoms with E-state index in [1.807, 2.05) is 48.4 Å². The van der Waals surface area contributed by atoms with Crippen molar-refractivity contribution in [3.8, 4) is 17.0 Å². The van der Waals surface area contributed by atoms with Crippen molar-refractivity contribution >= 4 is 34.1 Å². The summed E-state index contributed by atoms with van der Waals surface area (Å²) in [7, 11) is 0. The van der Waals surface area contributed by atoms with Gasteiger partial charge in [-0.1, -0.05) is 44.2 Å². The lowest BCUT2D eigenvalue weighted by molar-refractivity contribution is -0.117. The van der Waals surface area contributed by atoms with Crippen LogP contribution in [0.15, 0.2) is 47.8 Å². The molecule has 1 fully saturated rings. The van der Waals surface area contributed by atoms with Crippen LogP contribution in [0.5, 0.6) is 5.75 Å². The van der Waals surface area contributed by atoms with Crippen molar-refractivity contribution < 1.29 is 9.90 Å². The van der Waals surface area contributed by atoms with Gasteiger partial charge in [0.2, 0.25) is 5.91 Å². The Hall–Kier alpha value is -2.31. The summed E-state index contributed by atoms with van der Waals surface area (Å²) >= 11 is 3.15. The molecule has 0 radical (unpaired) electrons. The van der Waals surface area contributed by atoms with Gasteiger partial charge in [-0.3, -0.25) is 9.69 Å². The van der Waals surface area contributed by atoms with E-state index in [1.54, 1.807) is 17.8 Å². The molecule has 1 saturated heterocycles. The highest BCUT2D eigenvalue weighted by atomic mass is 32.2. The first-order valence-electron chi connectivity index (χ1n) is 9.69. The maximum Gasteiger partial charge on any atom is 0.242 e. The van der Waals surface area contributed by atoms with E-state index in [4.69, 9.17) is 4.98 Å². The number of aromatic nitrogens is 1. The highest BCUT2D eigenvalue weighted by Gasteiger charge is 2.41. The number of thiazole rings is 1. The third-order valence-electron chi connectivity index (χ3n) is 5.21. The molecule has 1 aromatic heterocycles. The largest absolute Gasteiger partial charge is 0.508 e. The minimum Gasteiger partial charge on any atom is -0.508 e. The summed E-state index contributed by atoms with van der Waals surface area (Å²) in [6.45, 7) is 8.06. The fraction of sp³-hybridized carbons (Fsp3) is 0.304. The van der Waals surface area contributed by atoms with Crippen LogP contribution in [0, 0.1) is 6.92 Å². The zero-order valence-corrected chi connectivity index (χ0v) is 18.6. The summed E-state index contributed by atoms with van der Waals surface area (Å²) in [5.41, 5.74) is 4.82. The Morgan fingerprint density at radius 3 is 2.59 bits per heavy atom. The summed E-state index contributed by atoms with van der Waals surface area (Å²) in [5.74, 6) is 0.628. The van der Waals surface area contributed by atoms with Gasteiger partial charge in [0.25, 0.3) is 0 Å². The summed E-state index contributed by atoms with van der Waals surface area (Å²) in [6.07, 6.45) is 0. The Balaban J connectivity index is 1.73. The van der Waals surface area contributed by atoms with E-state index in [0.29, 0.717) is 10.9 Å². The van der Waals surface area contributed by atoms with Gasteiger partial charge < -0.3 is 5.11 Å². The van der Waals surface area contributed by atoms with E-state index >= 15 is 0 Å². The molecule has 2 heterocycles. The molecule has 4 rings (SSSR count). The molecule has 2 unspecified atom stereocenters. The number of carbonyl (C=O) groups is 1. The number of thioether (sulfide) groups is 1. The molecule has 0 aliphatic carbocycles. The van der Waals surface area contributed by atoms with Crippen molar-refractivity contribution in [2.75, 3.05) is 4.90 Å². The number of hydrogen-bond acceptors (Lipinski definition) is 5. The van der Waals surface area contributed by atoms with E-state index < -0.39 is 0 Å². The molecule has 1 N–H and O–H groups in total. The molecule has 0 bridgehead atoms. The maximum atomic E-state index is 12.9. The zero-order valence-electron chi connectivity index (χ0n) is 16.9. The number of phenols is 1. The molecule has 1 aliphatic heterocycles. The predicted octanol–water partition coefficient (Wildman–Crippen LogP) is 6.11. The molecule has 0 saturated carbocycles. The van der Waals surface area contributed by atoms with E-state index in [1.165, 1.54) is 11.3 Å². The van der Waals surface area contributed by atoms with Gasteiger partial charge in [0.1, 0.15) is 11.1 Å². The topological polar surface area (TPSA) is 53.4 Å². The standard InChI is InChI=1S/C23H24N2O2S2/c1-13(2)17-11-18(14(3)10-20(17)26)19-12-28-23(24-19)25-21(27)15(4)29-22(25)16-8-6-5-7-9-16/h5-13,15,22,26H,1-4H3. The number of benzene rings is 2. The van der Waals surface area contributed by atoms with Crippen LogP contribution in [0.1, 0.15) is 48.8 Å². The first kappa shape index (κ1) is 20.0. The summed E-state index contributed by atoms with van der Waals surface area (Å²) in [6, 6.07) is 13.9. The van der Waals surface area contributed by atoms with Gasteiger partial charge in [-0.05, 0) is 48.6 Å². The summed E-state index contributed by atoms with van der Waals surface area (Å²) in [4.78, 5) is 19.6. The van der Waals surface area contributed by atoms with Crippen molar-refractivity contribution in [3.05, 3.63) is 64.5 Å². The van der Waals surface area contributed by atoms with Crippen LogP contribution in [0.2, 0.25) is 0 Å². The molecule has 0 spiro atoms. The van der Waals surface area contributed by atoms with Crippen molar-refractivity contribution in [1.29, 1.82) is 0 Å². The molecule has 150 valence electrons. The third-order valence-corrected chi connectivity index (χ3v) is 7.40. The number of carbonyl (C=O) groups excluding carboxylic acids is 1. The molecule has 1 amide bonds. The van der Waals surface area contributed by atoms with Gasteiger partial charge in [0.05, 0.1) is 10.9 Å². The van der Waals surface area contributed by atoms with Gasteiger partial charge in [-0.15, -0.1) is 23.1 Å². The van der Waals surface area contributed by atoms with E-state index in [-0.39, 0.29) is 22.4 Å². The molecule has 1 aliphatic rings. The minimum atomic E-state index is -0.101. The number of aryl methyl sites for hydroxylation is 1. The first-order chi connectivity index (χ1) is 13.9. The number of rotatable bonds is 4. The van der Waals surface area contributed by atoms with E-state index in [9.17, 15) is 9.90 Å². The molecule has 2 atom stereocenters. The van der Waals surface area contributed by atoms with Gasteiger partial charge in [-0.2, -0.15) is 0 Å². The van der Waals surface area contributed by atoms with Crippen molar-refractivity contribution in [3.63, 3.8) is 0 Å². The highest BCUT2D eigenvalue weighted by molar-refractivity contribution is 8.01. The average molecular weight is 425 g/mol. The summed E-state index contributed by atoms with van der Waals surface area (Å²) < 4.78 is 0. The molecule has 3 aromatic rings. The minimum absolute atomic E-state index is 0.0650. The Morgan fingerprint density at radius 1 is 1.17 bits per heavy atom. The molecule has 6 heteroatoms. The molecular weight excluding hydrogens is 400 g/mol. The van der Waals surface area contributed by atoms with Crippen molar-refractivity contribution in [2.24, 2.45) is 0 Å². The Kier molecular flexibility index (Phi) is 5.40. The average Bonchev–Trinajstić information content (AvgIpc) is 3.27. The van der Waals surface area contributed by atoms with Crippen LogP contribution < -0.4 is 4.90 Å². The fourth-order valence-corrected chi connectivity index (χ4v) is 5.79. The van der Waals surface area contributed by atoms with Crippen LogP contribution >= 0.6 is 23.1 Å². The fourth-order valence-electron chi connectivity index (χ4n) is 3.61. The molecule has 2 aromatic carbocycles. The number of aromatic hydroxyl groups is 1. The zero-order chi connectivity index (χ0) is 20.7. The van der Waals surface area contributed by atoms with E-state index in [0.717, 1.165) is 27.9 Å². The summed E-state index contributed by atoms with van der Waals surface area (Å²) in [5, 5.41) is 12.8. The molecule has 4 nitrogen and oxygen atoms in total. The maximum absolute atomic E-state index is 12.9. The van der Waals surface area contributed by atoms with Gasteiger partial charge >= 0.3 is 0 Å². The number of hydrogen-bond donors (Lipinski definition) is 1. The van der Waals surface area contributed by atoms with Gasteiger partial charge in [0.15, 0.2) is 5.13 Å². The number of phenolic OH excluding ortho intramolecular Hbond substituents is 1. The number of amides is 1. The third kappa shape index (κ3) is 3.67. The van der Waals surface area contributed by atoms with E-state index in [2.05, 4.69) is 26.0 Å². The Morgan fingerprint density at radius 2 is 1.90 bits per heavy atom. The number of anilines is 1. The second-order valence-corrected chi connectivity index (χ2v) is 9.91. The highest BCUT2D eigenvalue weighted by Crippen LogP contribution is 2.47. The van der Waals surface area contributed by atoms with Gasteiger partial charge in [-0.25, -0.2) is 4.98 Å². The smallest absolute Gasteiger partial charge is 0.242 e. The quantitative estimate of drug-likeness (QED) is 0.549. The van der Waals surface area contributed by atoms with Crippen LogP contribution in [0.25, 0.3) is 11.3 Å². The van der Waals surface area contributed by atoms with Crippen LogP contribution in [-0.2, 0) is 4.79 Å². The monoisotopic (exact) mass is 424 g/mol. The van der Waals surface area contributed by atoms with Crippen molar-refractivity contribution in [2.45, 2.75) is 44.2 Å².